The Bertz CT molecular complexity index is 2320. The number of nitrogens with one attached hydrogen (secondary N) is 1. The number of carbonyl (C=O) groups is 1. The van der Waals surface area contributed by atoms with Gasteiger partial charge < -0.3 is 14.6 Å². The number of rotatable bonds is 7. The molecule has 9 heteroatoms. The number of para-hydroxylation sites is 2. The third kappa shape index (κ3) is 5.46. The number of hydrogen-bond acceptors (Lipinski definition) is 5. The number of thiazole rings is 1. The summed E-state index contributed by atoms with van der Waals surface area (Å²) in [4.78, 5) is 33.4. The second-order valence-electron chi connectivity index (χ2n) is 11.0. The number of anilines is 1. The van der Waals surface area contributed by atoms with E-state index in [2.05, 4.69) is 9.88 Å². The van der Waals surface area contributed by atoms with Crippen LogP contribution in [0, 0.1) is 5.82 Å². The van der Waals surface area contributed by atoms with Crippen molar-refractivity contribution in [2.24, 2.45) is 4.99 Å². The molecule has 0 saturated heterocycles. The summed E-state index contributed by atoms with van der Waals surface area (Å²) >= 11 is 1.29. The van der Waals surface area contributed by atoms with Gasteiger partial charge in [0.15, 0.2) is 4.80 Å². The van der Waals surface area contributed by atoms with E-state index < -0.39 is 6.04 Å². The Kier molecular flexibility index (Phi) is 7.68. The quantitative estimate of drug-likeness (QED) is 0.235. The van der Waals surface area contributed by atoms with Gasteiger partial charge >= 0.3 is 0 Å². The monoisotopic (exact) mass is 628 g/mol. The first-order valence-electron chi connectivity index (χ1n) is 14.7. The van der Waals surface area contributed by atoms with Gasteiger partial charge in [-0.25, -0.2) is 9.38 Å². The third-order valence-corrected chi connectivity index (χ3v) is 9.06. The average Bonchev–Trinajstić information content (AvgIpc) is 3.57. The molecule has 1 N–H and O–H groups in total. The molecule has 0 fully saturated rings. The van der Waals surface area contributed by atoms with Crippen molar-refractivity contribution in [2.45, 2.75) is 19.5 Å². The highest BCUT2D eigenvalue weighted by Gasteiger charge is 2.33. The van der Waals surface area contributed by atoms with Crippen molar-refractivity contribution in [3.63, 3.8) is 0 Å². The highest BCUT2D eigenvalue weighted by Crippen LogP contribution is 2.32. The van der Waals surface area contributed by atoms with Crippen LogP contribution in [0.3, 0.4) is 0 Å². The predicted octanol–water partition coefficient (Wildman–Crippen LogP) is 6.02. The molecule has 1 atom stereocenters. The topological polar surface area (TPSA) is 77.6 Å². The SMILES string of the molecule is COc1cccc([C@H]2C(C(=O)Nc3ccccc3)=C(C)N=c3s/c(=C\c4cn(Cc5ccc(F)cc5)c5ccccc45)c(=O)n32)c1. The summed E-state index contributed by atoms with van der Waals surface area (Å²) in [5.41, 5.74) is 4.88. The lowest BCUT2D eigenvalue weighted by Crippen LogP contribution is -2.40. The van der Waals surface area contributed by atoms with Crippen LogP contribution in [-0.2, 0) is 11.3 Å². The summed E-state index contributed by atoms with van der Waals surface area (Å²) in [5, 5.41) is 3.97. The van der Waals surface area contributed by atoms with E-state index in [1.54, 1.807) is 30.7 Å². The maximum atomic E-state index is 14.3. The number of carbonyl (C=O) groups excluding carboxylic acids is 1. The number of ether oxygens (including phenoxy) is 1. The zero-order chi connectivity index (χ0) is 31.8. The Labute approximate surface area is 267 Å². The summed E-state index contributed by atoms with van der Waals surface area (Å²) in [6.45, 7) is 2.35. The normalized spacial score (nSPS) is 14.7. The highest BCUT2D eigenvalue weighted by molar-refractivity contribution is 7.07. The Morgan fingerprint density at radius 3 is 2.54 bits per heavy atom. The molecule has 4 aromatic carbocycles. The second kappa shape index (κ2) is 12.1. The number of halogens is 1. The fourth-order valence-corrected chi connectivity index (χ4v) is 6.94. The van der Waals surface area contributed by atoms with E-state index in [9.17, 15) is 14.0 Å². The maximum absolute atomic E-state index is 14.3. The molecular weight excluding hydrogens is 599 g/mol. The van der Waals surface area contributed by atoms with Crippen LogP contribution in [0.15, 0.2) is 130 Å². The Morgan fingerprint density at radius 2 is 1.76 bits per heavy atom. The van der Waals surface area contributed by atoms with Crippen molar-refractivity contribution < 1.29 is 13.9 Å². The van der Waals surface area contributed by atoms with Crippen molar-refractivity contribution in [3.8, 4) is 5.75 Å². The predicted molar refractivity (Wildman–Crippen MR) is 179 cm³/mol. The van der Waals surface area contributed by atoms with Crippen LogP contribution in [0.2, 0.25) is 0 Å². The van der Waals surface area contributed by atoms with Crippen molar-refractivity contribution >= 4 is 39.9 Å². The van der Waals surface area contributed by atoms with E-state index in [-0.39, 0.29) is 17.3 Å². The molecule has 46 heavy (non-hydrogen) atoms. The molecule has 0 aliphatic carbocycles. The Hall–Kier alpha value is -5.54. The zero-order valence-electron chi connectivity index (χ0n) is 25.1. The number of fused-ring (bicyclic) bond motifs is 2. The summed E-state index contributed by atoms with van der Waals surface area (Å²) in [6, 6.07) is 30.3. The fourth-order valence-electron chi connectivity index (χ4n) is 5.91. The first-order valence-corrected chi connectivity index (χ1v) is 15.6. The molecule has 228 valence electrons. The first kappa shape index (κ1) is 29.2. The number of aromatic nitrogens is 2. The molecule has 7 nitrogen and oxygen atoms in total. The molecule has 6 aromatic rings. The number of benzene rings is 4. The van der Waals surface area contributed by atoms with Gasteiger partial charge in [0.05, 0.1) is 29.0 Å². The van der Waals surface area contributed by atoms with Crippen molar-refractivity contribution in [3.05, 3.63) is 163 Å². The van der Waals surface area contributed by atoms with Crippen molar-refractivity contribution in [1.82, 2.24) is 9.13 Å². The van der Waals surface area contributed by atoms with E-state index in [1.165, 1.54) is 23.5 Å². The molecule has 0 spiro atoms. The molecule has 7 rings (SSSR count). The van der Waals surface area contributed by atoms with E-state index in [4.69, 9.17) is 9.73 Å². The lowest BCUT2D eigenvalue weighted by molar-refractivity contribution is -0.113. The van der Waals surface area contributed by atoms with Crippen LogP contribution in [0.5, 0.6) is 5.75 Å². The molecule has 1 aliphatic heterocycles. The van der Waals surface area contributed by atoms with Crippen LogP contribution in [0.4, 0.5) is 10.1 Å². The number of methoxy groups -OCH3 is 1. The van der Waals surface area contributed by atoms with Crippen LogP contribution >= 0.6 is 11.3 Å². The third-order valence-electron chi connectivity index (χ3n) is 8.08. The number of amides is 1. The van der Waals surface area contributed by atoms with Gasteiger partial charge in [-0.1, -0.05) is 72.0 Å². The van der Waals surface area contributed by atoms with Crippen LogP contribution in [-0.4, -0.2) is 22.2 Å². The van der Waals surface area contributed by atoms with Gasteiger partial charge in [0.1, 0.15) is 11.6 Å². The minimum Gasteiger partial charge on any atom is -0.497 e. The van der Waals surface area contributed by atoms with E-state index in [1.807, 2.05) is 91.1 Å². The maximum Gasteiger partial charge on any atom is 0.271 e. The van der Waals surface area contributed by atoms with E-state index >= 15 is 0 Å². The molecule has 0 saturated carbocycles. The van der Waals surface area contributed by atoms with Gasteiger partial charge in [-0.3, -0.25) is 14.2 Å². The lowest BCUT2D eigenvalue weighted by atomic mass is 9.95. The van der Waals surface area contributed by atoms with Gasteiger partial charge in [0.25, 0.3) is 11.5 Å². The number of hydrogen-bond donors (Lipinski definition) is 1. The molecule has 2 aromatic heterocycles. The second-order valence-corrected chi connectivity index (χ2v) is 12.0. The Balaban J connectivity index is 1.36. The molecule has 1 aliphatic rings. The summed E-state index contributed by atoms with van der Waals surface area (Å²) < 4.78 is 23.2. The fraction of sp³-hybridized carbons (Fsp3) is 0.108. The Morgan fingerprint density at radius 1 is 1.00 bits per heavy atom. The number of allylic oxidation sites excluding steroid dienone is 1. The summed E-state index contributed by atoms with van der Waals surface area (Å²) in [6.07, 6.45) is 3.90. The smallest absolute Gasteiger partial charge is 0.271 e. The van der Waals surface area contributed by atoms with E-state index in [0.717, 1.165) is 27.6 Å². The van der Waals surface area contributed by atoms with Crippen LogP contribution in [0.1, 0.15) is 29.7 Å². The lowest BCUT2D eigenvalue weighted by Gasteiger charge is -2.25. The summed E-state index contributed by atoms with van der Waals surface area (Å²) in [5.74, 6) is 0.00449. The minimum absolute atomic E-state index is 0.246. The molecule has 3 heterocycles. The van der Waals surface area contributed by atoms with Crippen LogP contribution in [0.25, 0.3) is 17.0 Å². The molecular formula is C37H29FN4O3S. The summed E-state index contributed by atoms with van der Waals surface area (Å²) in [7, 11) is 1.58. The largest absolute Gasteiger partial charge is 0.497 e. The molecule has 0 unspecified atom stereocenters. The first-order chi connectivity index (χ1) is 22.4. The van der Waals surface area contributed by atoms with Crippen molar-refractivity contribution in [1.29, 1.82) is 0 Å². The van der Waals surface area contributed by atoms with Crippen LogP contribution < -0.4 is 24.9 Å². The van der Waals surface area contributed by atoms with Gasteiger partial charge in [0, 0.05) is 34.9 Å². The zero-order valence-corrected chi connectivity index (χ0v) is 25.9. The van der Waals surface area contributed by atoms with Gasteiger partial charge in [0.2, 0.25) is 0 Å². The van der Waals surface area contributed by atoms with Gasteiger partial charge in [-0.05, 0) is 66.6 Å². The standard InChI is InChI=1S/C37H29FN4O3S/c1-23-33(35(43)40-28-10-4-3-5-11-28)34(25-9-8-12-29(19-25)45-2)42-36(44)32(46-37(42)39-23)20-26-22-41(31-14-7-6-13-30(26)31)21-24-15-17-27(38)18-16-24/h3-20,22,34H,21H2,1-2H3,(H,40,43)/b32-20-/t34-/m0/s1. The van der Waals surface area contributed by atoms with Gasteiger partial charge in [-0.15, -0.1) is 0 Å². The molecule has 1 amide bonds. The van der Waals surface area contributed by atoms with E-state index in [0.29, 0.717) is 38.6 Å². The minimum atomic E-state index is -0.725. The molecule has 0 bridgehead atoms. The highest BCUT2D eigenvalue weighted by atomic mass is 32.1. The number of nitrogens with zero attached hydrogens (tertiary/aromatic N) is 3. The molecule has 0 radical (unpaired) electrons. The van der Waals surface area contributed by atoms with Crippen molar-refractivity contribution in [2.75, 3.05) is 12.4 Å². The average molecular weight is 629 g/mol. The van der Waals surface area contributed by atoms with Gasteiger partial charge in [-0.2, -0.15) is 0 Å².